The van der Waals surface area contributed by atoms with E-state index in [2.05, 4.69) is 9.31 Å². The molecule has 0 amide bonds. The maximum Gasteiger partial charge on any atom is 0.870 e. The van der Waals surface area contributed by atoms with E-state index in [1.54, 1.807) is 4.57 Å². The maximum absolute atomic E-state index is 13.9. The molecule has 1 heterocycles. The first kappa shape index (κ1) is 19.9. The average molecular weight is 410 g/mol. The Morgan fingerprint density at radius 3 is 2.29 bits per heavy atom. The molecule has 1 aromatic carbocycles. The van der Waals surface area contributed by atoms with E-state index in [0.29, 0.717) is 5.52 Å². The van der Waals surface area contributed by atoms with Crippen molar-refractivity contribution < 1.29 is 32.7 Å². The molecule has 1 fully saturated rings. The smallest absolute Gasteiger partial charge is 0.462 e. The summed E-state index contributed by atoms with van der Waals surface area (Å²) in [4.78, 5) is 47.4. The van der Waals surface area contributed by atoms with Crippen LogP contribution in [0.2, 0.25) is 5.02 Å². The van der Waals surface area contributed by atoms with E-state index in [4.69, 9.17) is 16.3 Å². The molecule has 1 aliphatic carbocycles. The molecular formula is C17H14BClFNO7. The summed E-state index contributed by atoms with van der Waals surface area (Å²) in [5, 5.41) is -0.207. The molecule has 2 aromatic rings. The summed E-state index contributed by atoms with van der Waals surface area (Å²) >= 11 is 5.83. The molecule has 0 bridgehead atoms. The van der Waals surface area contributed by atoms with Crippen molar-refractivity contribution in [3.8, 4) is 0 Å². The number of carbonyl (C=O) groups excluding carboxylic acids is 3. The molecule has 0 aliphatic heterocycles. The third-order valence-electron chi connectivity index (χ3n) is 3.96. The Labute approximate surface area is 163 Å². The van der Waals surface area contributed by atoms with Gasteiger partial charge in [-0.05, 0) is 25.0 Å². The van der Waals surface area contributed by atoms with Crippen LogP contribution in [-0.4, -0.2) is 29.8 Å². The molecule has 0 unspecified atom stereocenters. The second-order valence-corrected chi connectivity index (χ2v) is 6.61. The van der Waals surface area contributed by atoms with Crippen LogP contribution in [0.1, 0.15) is 43.1 Å². The fourth-order valence-electron chi connectivity index (χ4n) is 2.64. The van der Waals surface area contributed by atoms with Gasteiger partial charge in [0.1, 0.15) is 11.4 Å². The van der Waals surface area contributed by atoms with Gasteiger partial charge < -0.3 is 18.5 Å². The van der Waals surface area contributed by atoms with Crippen molar-refractivity contribution in [1.29, 1.82) is 0 Å². The zero-order valence-electron chi connectivity index (χ0n) is 14.9. The molecular weight excluding hydrogens is 395 g/mol. The SMILES string of the molecule is CC(=O)OB(OC(C)=O)OC(=O)c1cn(C2CC2)c2cc(Cl)c(F)cc2c1=O. The highest BCUT2D eigenvalue weighted by molar-refractivity contribution is 6.44. The molecule has 3 rings (SSSR count). The van der Waals surface area contributed by atoms with Crippen LogP contribution >= 0.6 is 11.6 Å². The van der Waals surface area contributed by atoms with Gasteiger partial charge in [-0.25, -0.2) is 9.18 Å². The molecule has 1 aliphatic rings. The van der Waals surface area contributed by atoms with Crippen LogP contribution in [0.4, 0.5) is 4.39 Å². The fourth-order valence-corrected chi connectivity index (χ4v) is 2.80. The first-order valence-electron chi connectivity index (χ1n) is 8.26. The zero-order chi connectivity index (χ0) is 20.6. The minimum Gasteiger partial charge on any atom is -0.462 e. The molecule has 0 atom stereocenters. The molecule has 1 saturated carbocycles. The van der Waals surface area contributed by atoms with Gasteiger partial charge in [-0.2, -0.15) is 0 Å². The Balaban J connectivity index is 2.04. The normalized spacial score (nSPS) is 13.1. The van der Waals surface area contributed by atoms with E-state index in [1.807, 2.05) is 0 Å². The van der Waals surface area contributed by atoms with Crippen molar-refractivity contribution in [2.24, 2.45) is 0 Å². The fraction of sp³-hybridized carbons (Fsp3) is 0.294. The van der Waals surface area contributed by atoms with E-state index in [-0.39, 0.29) is 16.5 Å². The molecule has 0 saturated heterocycles. The molecule has 0 N–H and O–H groups in total. The lowest BCUT2D eigenvalue weighted by atomic mass is 10.1. The van der Waals surface area contributed by atoms with Crippen molar-refractivity contribution in [1.82, 2.24) is 4.57 Å². The summed E-state index contributed by atoms with van der Waals surface area (Å²) in [5.74, 6) is -3.74. The third kappa shape index (κ3) is 4.17. The molecule has 11 heteroatoms. The number of hydrogen-bond acceptors (Lipinski definition) is 7. The number of pyridine rings is 1. The molecule has 1 aromatic heterocycles. The Kier molecular flexibility index (Phi) is 5.41. The van der Waals surface area contributed by atoms with Gasteiger partial charge in [0.25, 0.3) is 11.9 Å². The predicted octanol–water partition coefficient (Wildman–Crippen LogP) is 2.40. The highest BCUT2D eigenvalue weighted by Gasteiger charge is 2.36. The van der Waals surface area contributed by atoms with Gasteiger partial charge >= 0.3 is 13.3 Å². The maximum atomic E-state index is 13.9. The van der Waals surface area contributed by atoms with E-state index < -0.39 is 42.0 Å². The lowest BCUT2D eigenvalue weighted by Gasteiger charge is -2.14. The number of benzene rings is 1. The number of aromatic nitrogens is 1. The lowest BCUT2D eigenvalue weighted by Crippen LogP contribution is -2.35. The first-order chi connectivity index (χ1) is 13.2. The predicted molar refractivity (Wildman–Crippen MR) is 96.1 cm³/mol. The summed E-state index contributed by atoms with van der Waals surface area (Å²) < 4.78 is 29.6. The van der Waals surface area contributed by atoms with Gasteiger partial charge in [0.05, 0.1) is 10.5 Å². The third-order valence-corrected chi connectivity index (χ3v) is 4.25. The van der Waals surface area contributed by atoms with Crippen molar-refractivity contribution in [3.63, 3.8) is 0 Å². The van der Waals surface area contributed by atoms with Crippen LogP contribution < -0.4 is 5.43 Å². The second-order valence-electron chi connectivity index (χ2n) is 6.21. The van der Waals surface area contributed by atoms with Crippen LogP contribution in [0.15, 0.2) is 23.1 Å². The molecule has 28 heavy (non-hydrogen) atoms. The van der Waals surface area contributed by atoms with Crippen LogP contribution in [-0.2, 0) is 23.6 Å². The Hall–Kier alpha value is -2.88. The van der Waals surface area contributed by atoms with Crippen molar-refractivity contribution >= 4 is 47.7 Å². The van der Waals surface area contributed by atoms with Crippen molar-refractivity contribution in [2.45, 2.75) is 32.7 Å². The molecule has 8 nitrogen and oxygen atoms in total. The van der Waals surface area contributed by atoms with Crippen LogP contribution in [0.25, 0.3) is 10.9 Å². The number of halogens is 2. The summed E-state index contributed by atoms with van der Waals surface area (Å²) in [6.45, 7) is 2.04. The number of rotatable bonds is 5. The largest absolute Gasteiger partial charge is 0.870 e. The number of fused-ring (bicyclic) bond motifs is 1. The van der Waals surface area contributed by atoms with Gasteiger partial charge in [0.2, 0.25) is 5.43 Å². The summed E-state index contributed by atoms with van der Waals surface area (Å²) in [6.07, 6.45) is 2.90. The van der Waals surface area contributed by atoms with Crippen LogP contribution in [0, 0.1) is 5.82 Å². The average Bonchev–Trinajstić information content (AvgIpc) is 3.40. The van der Waals surface area contributed by atoms with Crippen LogP contribution in [0.3, 0.4) is 0 Å². The standard InChI is InChI=1S/C17H14BClFNO7/c1-8(22)26-18(27-9(2)23)28-17(25)12-7-21(10-3-4-10)15-6-13(19)14(20)5-11(15)16(12)24/h5-7,10H,3-4H2,1-2H3. The minimum atomic E-state index is -1.95. The topological polar surface area (TPSA) is 101 Å². The molecule has 146 valence electrons. The summed E-state index contributed by atoms with van der Waals surface area (Å²) in [6, 6.07) is 2.29. The Bertz CT molecular complexity index is 1030. The minimum absolute atomic E-state index is 0.0221. The van der Waals surface area contributed by atoms with E-state index >= 15 is 0 Å². The van der Waals surface area contributed by atoms with E-state index in [0.717, 1.165) is 32.8 Å². The lowest BCUT2D eigenvalue weighted by molar-refractivity contribution is -0.139. The number of nitrogens with zero attached hydrogens (tertiary/aromatic N) is 1. The Morgan fingerprint density at radius 1 is 1.14 bits per heavy atom. The van der Waals surface area contributed by atoms with Gasteiger partial charge in [-0.3, -0.25) is 14.4 Å². The number of carbonyl (C=O) groups is 3. The van der Waals surface area contributed by atoms with Gasteiger partial charge in [0, 0.05) is 31.5 Å². The van der Waals surface area contributed by atoms with Gasteiger partial charge in [-0.15, -0.1) is 0 Å². The van der Waals surface area contributed by atoms with Gasteiger partial charge in [0.15, 0.2) is 0 Å². The van der Waals surface area contributed by atoms with Crippen molar-refractivity contribution in [3.05, 3.63) is 45.0 Å². The van der Waals surface area contributed by atoms with Crippen LogP contribution in [0.5, 0.6) is 0 Å². The van der Waals surface area contributed by atoms with Gasteiger partial charge in [-0.1, -0.05) is 11.6 Å². The molecule has 0 radical (unpaired) electrons. The van der Waals surface area contributed by atoms with Crippen molar-refractivity contribution in [2.75, 3.05) is 0 Å². The highest BCUT2D eigenvalue weighted by Crippen LogP contribution is 2.37. The summed E-state index contributed by atoms with van der Waals surface area (Å²) in [5.41, 5.74) is -0.839. The number of hydrogen-bond donors (Lipinski definition) is 0. The van der Waals surface area contributed by atoms with E-state index in [1.165, 1.54) is 12.3 Å². The molecule has 0 spiro atoms. The quantitative estimate of drug-likeness (QED) is 0.699. The monoisotopic (exact) mass is 409 g/mol. The first-order valence-corrected chi connectivity index (χ1v) is 8.64. The Morgan fingerprint density at radius 2 is 1.75 bits per heavy atom. The summed E-state index contributed by atoms with van der Waals surface area (Å²) in [7, 11) is -1.95. The zero-order valence-corrected chi connectivity index (χ0v) is 15.6. The second kappa shape index (κ2) is 7.63. The van der Waals surface area contributed by atoms with E-state index in [9.17, 15) is 23.6 Å². The highest BCUT2D eigenvalue weighted by atomic mass is 35.5.